The van der Waals surface area contributed by atoms with Gasteiger partial charge in [0.2, 0.25) is 0 Å². The molecule has 0 aliphatic heterocycles. The van der Waals surface area contributed by atoms with Crippen LogP contribution in [0.25, 0.3) is 0 Å². The fourth-order valence-electron chi connectivity index (χ4n) is 1.99. The molecule has 0 bridgehead atoms. The number of benzene rings is 2. The first-order chi connectivity index (χ1) is 9.15. The lowest BCUT2D eigenvalue weighted by molar-refractivity contribution is 0.519. The minimum Gasteiger partial charge on any atom is -0.310 e. The maximum absolute atomic E-state index is 13.4. The second-order valence-electron chi connectivity index (χ2n) is 4.71. The maximum atomic E-state index is 13.4. The summed E-state index contributed by atoms with van der Waals surface area (Å²) in [6.45, 7) is 2.45. The van der Waals surface area contributed by atoms with Gasteiger partial charge in [-0.2, -0.15) is 0 Å². The summed E-state index contributed by atoms with van der Waals surface area (Å²) in [4.78, 5) is 0. The van der Waals surface area contributed by atoms with Crippen molar-refractivity contribution < 1.29 is 8.78 Å². The van der Waals surface area contributed by atoms with E-state index in [-0.39, 0.29) is 6.04 Å². The minimum atomic E-state index is -0.543. The zero-order valence-electron chi connectivity index (χ0n) is 10.9. The van der Waals surface area contributed by atoms with E-state index in [1.165, 1.54) is 17.7 Å². The van der Waals surface area contributed by atoms with Crippen LogP contribution in [0.1, 0.15) is 18.1 Å². The summed E-state index contributed by atoms with van der Waals surface area (Å²) in [6, 6.07) is 14.0. The molecule has 0 aliphatic carbocycles. The largest absolute Gasteiger partial charge is 0.310 e. The molecular formula is C16H17F2N. The molecule has 2 rings (SSSR count). The van der Waals surface area contributed by atoms with E-state index >= 15 is 0 Å². The first-order valence-corrected chi connectivity index (χ1v) is 6.36. The Morgan fingerprint density at radius 3 is 2.47 bits per heavy atom. The molecule has 0 saturated carbocycles. The van der Waals surface area contributed by atoms with Crippen LogP contribution in [0.2, 0.25) is 0 Å². The molecule has 3 heteroatoms. The van der Waals surface area contributed by atoms with Crippen molar-refractivity contribution in [3.05, 3.63) is 71.3 Å². The Balaban J connectivity index is 1.88. The van der Waals surface area contributed by atoms with Crippen LogP contribution in [0.5, 0.6) is 0 Å². The van der Waals surface area contributed by atoms with Gasteiger partial charge >= 0.3 is 0 Å². The quantitative estimate of drug-likeness (QED) is 0.865. The summed E-state index contributed by atoms with van der Waals surface area (Å²) in [5.41, 5.74) is 1.73. The Hall–Kier alpha value is -1.74. The molecule has 0 radical (unpaired) electrons. The molecule has 1 unspecified atom stereocenters. The average Bonchev–Trinajstić information content (AvgIpc) is 2.39. The van der Waals surface area contributed by atoms with E-state index in [2.05, 4.69) is 24.4 Å². The van der Waals surface area contributed by atoms with E-state index in [1.54, 1.807) is 0 Å². The van der Waals surface area contributed by atoms with Crippen molar-refractivity contribution >= 4 is 0 Å². The summed E-state index contributed by atoms with van der Waals surface area (Å²) in [5.74, 6) is -1.04. The van der Waals surface area contributed by atoms with Gasteiger partial charge in [-0.25, -0.2) is 8.78 Å². The molecule has 0 saturated heterocycles. The molecule has 1 nitrogen and oxygen atoms in total. The number of nitrogens with one attached hydrogen (secondary N) is 1. The summed E-state index contributed by atoms with van der Waals surface area (Å²) >= 11 is 0. The van der Waals surface area contributed by atoms with Crippen molar-refractivity contribution in [2.24, 2.45) is 0 Å². The zero-order chi connectivity index (χ0) is 13.7. The number of rotatable bonds is 5. The number of hydrogen-bond donors (Lipinski definition) is 1. The molecule has 0 aromatic heterocycles. The number of halogens is 2. The van der Waals surface area contributed by atoms with Crippen LogP contribution < -0.4 is 5.32 Å². The molecule has 19 heavy (non-hydrogen) atoms. The lowest BCUT2D eigenvalue weighted by atomic mass is 10.1. The second-order valence-corrected chi connectivity index (χ2v) is 4.71. The highest BCUT2D eigenvalue weighted by atomic mass is 19.1. The summed E-state index contributed by atoms with van der Waals surface area (Å²) < 4.78 is 26.2. The summed E-state index contributed by atoms with van der Waals surface area (Å²) in [5, 5.41) is 3.25. The van der Waals surface area contributed by atoms with Gasteiger partial charge in [0.25, 0.3) is 0 Å². The Morgan fingerprint density at radius 2 is 1.79 bits per heavy atom. The molecule has 1 N–H and O–H groups in total. The molecule has 0 spiro atoms. The van der Waals surface area contributed by atoms with Crippen molar-refractivity contribution in [2.45, 2.75) is 25.9 Å². The second kappa shape index (κ2) is 6.43. The van der Waals surface area contributed by atoms with Gasteiger partial charge < -0.3 is 5.32 Å². The predicted octanol–water partition coefficient (Wildman–Crippen LogP) is 3.69. The van der Waals surface area contributed by atoms with Crippen LogP contribution in [0.4, 0.5) is 8.78 Å². The maximum Gasteiger partial charge on any atom is 0.130 e. The zero-order valence-corrected chi connectivity index (χ0v) is 10.9. The van der Waals surface area contributed by atoms with Gasteiger partial charge in [0.15, 0.2) is 0 Å². The lowest BCUT2D eigenvalue weighted by Crippen LogP contribution is -2.27. The third-order valence-electron chi connectivity index (χ3n) is 3.04. The predicted molar refractivity (Wildman–Crippen MR) is 72.8 cm³/mol. The van der Waals surface area contributed by atoms with Crippen LogP contribution >= 0.6 is 0 Å². The van der Waals surface area contributed by atoms with Crippen molar-refractivity contribution in [3.8, 4) is 0 Å². The third kappa shape index (κ3) is 4.14. The van der Waals surface area contributed by atoms with Gasteiger partial charge in [-0.3, -0.25) is 0 Å². The smallest absolute Gasteiger partial charge is 0.130 e. The van der Waals surface area contributed by atoms with E-state index in [0.29, 0.717) is 12.1 Å². The van der Waals surface area contributed by atoms with Gasteiger partial charge in [-0.15, -0.1) is 0 Å². The van der Waals surface area contributed by atoms with Crippen LogP contribution in [-0.2, 0) is 13.0 Å². The Kier molecular flexibility index (Phi) is 4.63. The Labute approximate surface area is 112 Å². The van der Waals surface area contributed by atoms with Gasteiger partial charge in [-0.1, -0.05) is 36.4 Å². The molecular weight excluding hydrogens is 244 g/mol. The van der Waals surface area contributed by atoms with E-state index in [4.69, 9.17) is 0 Å². The molecule has 0 aliphatic rings. The lowest BCUT2D eigenvalue weighted by Gasteiger charge is -2.14. The van der Waals surface area contributed by atoms with Crippen LogP contribution in [0.15, 0.2) is 48.5 Å². The van der Waals surface area contributed by atoms with Gasteiger partial charge in [-0.05, 0) is 25.0 Å². The van der Waals surface area contributed by atoms with E-state index in [9.17, 15) is 8.78 Å². The van der Waals surface area contributed by atoms with E-state index in [0.717, 1.165) is 12.5 Å². The van der Waals surface area contributed by atoms with Crippen molar-refractivity contribution in [2.75, 3.05) is 0 Å². The highest BCUT2D eigenvalue weighted by Crippen LogP contribution is 2.10. The molecule has 100 valence electrons. The third-order valence-corrected chi connectivity index (χ3v) is 3.04. The Bertz CT molecular complexity index is 526. The van der Waals surface area contributed by atoms with Crippen molar-refractivity contribution in [1.82, 2.24) is 5.32 Å². The molecule has 0 fully saturated rings. The fourth-order valence-corrected chi connectivity index (χ4v) is 1.99. The number of hydrogen-bond acceptors (Lipinski definition) is 1. The van der Waals surface area contributed by atoms with E-state index in [1.807, 2.05) is 18.2 Å². The Morgan fingerprint density at radius 1 is 1.05 bits per heavy atom. The first kappa shape index (κ1) is 13.7. The summed E-state index contributed by atoms with van der Waals surface area (Å²) in [6.07, 6.45) is 0.879. The van der Waals surface area contributed by atoms with E-state index < -0.39 is 11.6 Å². The van der Waals surface area contributed by atoms with Crippen LogP contribution in [-0.4, -0.2) is 6.04 Å². The van der Waals surface area contributed by atoms with Crippen LogP contribution in [0.3, 0.4) is 0 Å². The normalized spacial score (nSPS) is 12.4. The van der Waals surface area contributed by atoms with Crippen molar-refractivity contribution in [1.29, 1.82) is 0 Å². The highest BCUT2D eigenvalue weighted by molar-refractivity contribution is 5.19. The molecule has 2 aromatic rings. The highest BCUT2D eigenvalue weighted by Gasteiger charge is 2.06. The standard InChI is InChI=1S/C16H17F2N/c1-12(9-13-5-3-2-4-6-13)19-11-14-7-8-15(17)10-16(14)18/h2-8,10,12,19H,9,11H2,1H3. The van der Waals surface area contributed by atoms with Crippen molar-refractivity contribution in [3.63, 3.8) is 0 Å². The van der Waals surface area contributed by atoms with Gasteiger partial charge in [0.1, 0.15) is 11.6 Å². The summed E-state index contributed by atoms with van der Waals surface area (Å²) in [7, 11) is 0. The van der Waals surface area contributed by atoms with Gasteiger partial charge in [0.05, 0.1) is 0 Å². The fraction of sp³-hybridized carbons (Fsp3) is 0.250. The van der Waals surface area contributed by atoms with Crippen LogP contribution in [0, 0.1) is 11.6 Å². The van der Waals surface area contributed by atoms with Gasteiger partial charge in [0, 0.05) is 24.2 Å². The first-order valence-electron chi connectivity index (χ1n) is 6.36. The SMILES string of the molecule is CC(Cc1ccccc1)NCc1ccc(F)cc1F. The molecule has 2 aromatic carbocycles. The minimum absolute atomic E-state index is 0.229. The molecule has 0 heterocycles. The molecule has 1 atom stereocenters. The monoisotopic (exact) mass is 261 g/mol. The topological polar surface area (TPSA) is 12.0 Å². The molecule has 0 amide bonds. The average molecular weight is 261 g/mol.